The Balaban J connectivity index is 2.12. The SMILES string of the molecule is C=CCC[C@@H](c1ccc(OC)nc1)N1CCNCC1. The molecule has 2 rings (SSSR count). The predicted octanol–water partition coefficient (Wildman–Crippen LogP) is 2.00. The van der Waals surface area contributed by atoms with Crippen LogP contribution in [0.25, 0.3) is 0 Å². The first-order valence-electron chi connectivity index (χ1n) is 6.90. The van der Waals surface area contributed by atoms with E-state index in [2.05, 4.69) is 27.8 Å². The third-order valence-electron chi connectivity index (χ3n) is 3.59. The molecule has 4 heteroatoms. The van der Waals surface area contributed by atoms with Gasteiger partial charge in [-0.15, -0.1) is 6.58 Å². The standard InChI is InChI=1S/C15H23N3O/c1-3-4-5-14(18-10-8-16-9-11-18)13-6-7-15(19-2)17-12-13/h3,6-7,12,14,16H,1,4-5,8-11H2,2H3/t14-/m0/s1. The molecule has 19 heavy (non-hydrogen) atoms. The van der Waals surface area contributed by atoms with Gasteiger partial charge in [0.15, 0.2) is 0 Å². The maximum Gasteiger partial charge on any atom is 0.212 e. The Labute approximate surface area is 115 Å². The molecule has 0 spiro atoms. The van der Waals surface area contributed by atoms with Gasteiger partial charge in [0.2, 0.25) is 5.88 Å². The number of hydrogen-bond donors (Lipinski definition) is 1. The normalized spacial score (nSPS) is 17.9. The van der Waals surface area contributed by atoms with E-state index in [1.54, 1.807) is 7.11 Å². The van der Waals surface area contributed by atoms with Crippen molar-refractivity contribution in [3.63, 3.8) is 0 Å². The summed E-state index contributed by atoms with van der Waals surface area (Å²) in [5, 5.41) is 3.40. The average Bonchev–Trinajstić information content (AvgIpc) is 2.49. The fraction of sp³-hybridized carbons (Fsp3) is 0.533. The number of nitrogens with zero attached hydrogens (tertiary/aromatic N) is 2. The van der Waals surface area contributed by atoms with Gasteiger partial charge in [0.25, 0.3) is 0 Å². The zero-order valence-corrected chi connectivity index (χ0v) is 11.6. The average molecular weight is 261 g/mol. The molecule has 0 saturated carbocycles. The van der Waals surface area contributed by atoms with Crippen LogP contribution in [0.4, 0.5) is 0 Å². The van der Waals surface area contributed by atoms with Gasteiger partial charge in [0.1, 0.15) is 0 Å². The highest BCUT2D eigenvalue weighted by molar-refractivity contribution is 5.21. The minimum Gasteiger partial charge on any atom is -0.481 e. The lowest BCUT2D eigenvalue weighted by atomic mass is 10.0. The predicted molar refractivity (Wildman–Crippen MR) is 77.4 cm³/mol. The Morgan fingerprint density at radius 1 is 1.47 bits per heavy atom. The first-order valence-corrected chi connectivity index (χ1v) is 6.90. The number of piperazine rings is 1. The molecule has 0 unspecified atom stereocenters. The minimum atomic E-state index is 0.429. The van der Waals surface area contributed by atoms with Crippen LogP contribution in [-0.4, -0.2) is 43.2 Å². The van der Waals surface area contributed by atoms with E-state index in [-0.39, 0.29) is 0 Å². The van der Waals surface area contributed by atoms with E-state index in [1.165, 1.54) is 5.56 Å². The Hall–Kier alpha value is -1.39. The molecule has 2 heterocycles. The van der Waals surface area contributed by atoms with Gasteiger partial charge in [0, 0.05) is 44.5 Å². The highest BCUT2D eigenvalue weighted by Gasteiger charge is 2.21. The van der Waals surface area contributed by atoms with Gasteiger partial charge >= 0.3 is 0 Å². The monoisotopic (exact) mass is 261 g/mol. The van der Waals surface area contributed by atoms with Crippen molar-refractivity contribution < 1.29 is 4.74 Å². The van der Waals surface area contributed by atoms with E-state index >= 15 is 0 Å². The van der Waals surface area contributed by atoms with Gasteiger partial charge < -0.3 is 10.1 Å². The van der Waals surface area contributed by atoms with Crippen LogP contribution in [0.2, 0.25) is 0 Å². The van der Waals surface area contributed by atoms with Crippen LogP contribution in [0.3, 0.4) is 0 Å². The number of methoxy groups -OCH3 is 1. The van der Waals surface area contributed by atoms with Crippen molar-refractivity contribution in [1.82, 2.24) is 15.2 Å². The van der Waals surface area contributed by atoms with Gasteiger partial charge in [-0.2, -0.15) is 0 Å². The molecule has 1 aliphatic heterocycles. The van der Waals surface area contributed by atoms with Crippen LogP contribution in [0.5, 0.6) is 5.88 Å². The summed E-state index contributed by atoms with van der Waals surface area (Å²) >= 11 is 0. The van der Waals surface area contributed by atoms with Crippen molar-refractivity contribution in [2.75, 3.05) is 33.3 Å². The number of nitrogens with one attached hydrogen (secondary N) is 1. The summed E-state index contributed by atoms with van der Waals surface area (Å²) in [5.74, 6) is 0.673. The van der Waals surface area contributed by atoms with E-state index < -0.39 is 0 Å². The first-order chi connectivity index (χ1) is 9.35. The summed E-state index contributed by atoms with van der Waals surface area (Å²) in [6.45, 7) is 8.14. The molecule has 1 aliphatic rings. The van der Waals surface area contributed by atoms with Crippen LogP contribution in [-0.2, 0) is 0 Å². The van der Waals surface area contributed by atoms with E-state index in [0.29, 0.717) is 11.9 Å². The molecule has 0 aromatic carbocycles. The zero-order valence-electron chi connectivity index (χ0n) is 11.6. The molecule has 1 saturated heterocycles. The summed E-state index contributed by atoms with van der Waals surface area (Å²) in [6, 6.07) is 4.50. The number of aromatic nitrogens is 1. The van der Waals surface area contributed by atoms with Crippen molar-refractivity contribution in [2.24, 2.45) is 0 Å². The Morgan fingerprint density at radius 3 is 2.84 bits per heavy atom. The largest absolute Gasteiger partial charge is 0.481 e. The molecule has 1 N–H and O–H groups in total. The highest BCUT2D eigenvalue weighted by Crippen LogP contribution is 2.26. The molecule has 0 amide bonds. The lowest BCUT2D eigenvalue weighted by molar-refractivity contribution is 0.166. The fourth-order valence-corrected chi connectivity index (χ4v) is 2.54. The van der Waals surface area contributed by atoms with Crippen molar-refractivity contribution in [3.8, 4) is 5.88 Å². The number of ether oxygens (including phenoxy) is 1. The van der Waals surface area contributed by atoms with Crippen LogP contribution in [0, 0.1) is 0 Å². The molecule has 1 fully saturated rings. The van der Waals surface area contributed by atoms with Crippen LogP contribution in [0.15, 0.2) is 31.0 Å². The molecule has 1 atom stereocenters. The van der Waals surface area contributed by atoms with Crippen molar-refractivity contribution in [2.45, 2.75) is 18.9 Å². The minimum absolute atomic E-state index is 0.429. The van der Waals surface area contributed by atoms with Crippen LogP contribution >= 0.6 is 0 Å². The summed E-state index contributed by atoms with van der Waals surface area (Å²) in [7, 11) is 1.65. The van der Waals surface area contributed by atoms with E-state index in [9.17, 15) is 0 Å². The van der Waals surface area contributed by atoms with Crippen LogP contribution < -0.4 is 10.1 Å². The quantitative estimate of drug-likeness (QED) is 0.795. The zero-order chi connectivity index (χ0) is 13.5. The van der Waals surface area contributed by atoms with Crippen molar-refractivity contribution in [1.29, 1.82) is 0 Å². The van der Waals surface area contributed by atoms with E-state index in [1.807, 2.05) is 18.3 Å². The number of rotatable bonds is 6. The topological polar surface area (TPSA) is 37.4 Å². The molecule has 104 valence electrons. The molecule has 1 aromatic heterocycles. The maximum atomic E-state index is 5.12. The van der Waals surface area contributed by atoms with Crippen molar-refractivity contribution >= 4 is 0 Å². The smallest absolute Gasteiger partial charge is 0.212 e. The molecule has 0 aliphatic carbocycles. The van der Waals surface area contributed by atoms with Gasteiger partial charge in [-0.25, -0.2) is 4.98 Å². The molecule has 4 nitrogen and oxygen atoms in total. The number of allylic oxidation sites excluding steroid dienone is 1. The summed E-state index contributed by atoms with van der Waals surface area (Å²) in [5.41, 5.74) is 1.27. The molecule has 1 aromatic rings. The Morgan fingerprint density at radius 2 is 2.26 bits per heavy atom. The molecular weight excluding hydrogens is 238 g/mol. The second kappa shape index (κ2) is 7.26. The summed E-state index contributed by atoms with van der Waals surface area (Å²) in [4.78, 5) is 6.86. The second-order valence-corrected chi connectivity index (χ2v) is 4.80. The molecule has 0 radical (unpaired) electrons. The lowest BCUT2D eigenvalue weighted by Gasteiger charge is -2.35. The lowest BCUT2D eigenvalue weighted by Crippen LogP contribution is -2.45. The Bertz CT molecular complexity index is 385. The van der Waals surface area contributed by atoms with Crippen molar-refractivity contribution in [3.05, 3.63) is 36.5 Å². The van der Waals surface area contributed by atoms with E-state index in [0.717, 1.165) is 39.0 Å². The number of pyridine rings is 1. The van der Waals surface area contributed by atoms with Gasteiger partial charge in [0.05, 0.1) is 7.11 Å². The third kappa shape index (κ3) is 3.78. The molecule has 0 bridgehead atoms. The van der Waals surface area contributed by atoms with E-state index in [4.69, 9.17) is 4.74 Å². The third-order valence-corrected chi connectivity index (χ3v) is 3.59. The summed E-state index contributed by atoms with van der Waals surface area (Å²) in [6.07, 6.45) is 6.05. The van der Waals surface area contributed by atoms with Gasteiger partial charge in [-0.1, -0.05) is 12.1 Å². The fourth-order valence-electron chi connectivity index (χ4n) is 2.54. The highest BCUT2D eigenvalue weighted by atomic mass is 16.5. The first kappa shape index (κ1) is 14.0. The second-order valence-electron chi connectivity index (χ2n) is 4.80. The van der Waals surface area contributed by atoms with Gasteiger partial charge in [-0.3, -0.25) is 4.90 Å². The summed E-state index contributed by atoms with van der Waals surface area (Å²) < 4.78 is 5.12. The maximum absolute atomic E-state index is 5.12. The van der Waals surface area contributed by atoms with Crippen LogP contribution in [0.1, 0.15) is 24.4 Å². The number of hydrogen-bond acceptors (Lipinski definition) is 4. The van der Waals surface area contributed by atoms with Gasteiger partial charge in [-0.05, 0) is 18.4 Å². The molecular formula is C15H23N3O. The Kier molecular flexibility index (Phi) is 5.36.